The van der Waals surface area contributed by atoms with Gasteiger partial charge < -0.3 is 15.2 Å². The van der Waals surface area contributed by atoms with Gasteiger partial charge in [-0.3, -0.25) is 4.79 Å². The first-order chi connectivity index (χ1) is 10.6. The number of carbonyl (C=O) groups is 2. The summed E-state index contributed by atoms with van der Waals surface area (Å²) in [6.45, 7) is 0. The van der Waals surface area contributed by atoms with E-state index in [0.29, 0.717) is 24.3 Å². The predicted octanol–water partition coefficient (Wildman–Crippen LogP) is 0.838. The first-order valence-electron chi connectivity index (χ1n) is 6.78. The number of carbonyl (C=O) groups excluding carboxylic acids is 1. The van der Waals surface area contributed by atoms with Crippen LogP contribution in [0.3, 0.4) is 0 Å². The molecule has 2 aromatic heterocycles. The van der Waals surface area contributed by atoms with Crippen molar-refractivity contribution in [2.45, 2.75) is 25.0 Å². The number of rotatable bonds is 4. The number of anilines is 1. The molecule has 1 saturated heterocycles. The minimum atomic E-state index is -1.04. The van der Waals surface area contributed by atoms with E-state index < -0.39 is 18.2 Å². The Balaban J connectivity index is 1.61. The van der Waals surface area contributed by atoms with Crippen molar-refractivity contribution in [2.24, 2.45) is 0 Å². The quantitative estimate of drug-likeness (QED) is 0.866. The molecule has 2 N–H and O–H groups in total. The molecule has 1 amide bonds. The van der Waals surface area contributed by atoms with Crippen molar-refractivity contribution in [3.8, 4) is 5.82 Å². The largest absolute Gasteiger partial charge is 0.479 e. The van der Waals surface area contributed by atoms with Crippen LogP contribution < -0.4 is 5.32 Å². The zero-order chi connectivity index (χ0) is 15.5. The van der Waals surface area contributed by atoms with Gasteiger partial charge in [0.05, 0.1) is 11.9 Å². The second-order valence-corrected chi connectivity index (χ2v) is 4.87. The molecule has 0 bridgehead atoms. The summed E-state index contributed by atoms with van der Waals surface area (Å²) >= 11 is 0. The fourth-order valence-corrected chi connectivity index (χ4v) is 2.23. The topological polar surface area (TPSA) is 106 Å². The van der Waals surface area contributed by atoms with Crippen molar-refractivity contribution in [1.29, 1.82) is 0 Å². The molecular formula is C14H14N4O4. The number of aliphatic carboxylic acids is 1. The minimum Gasteiger partial charge on any atom is -0.479 e. The lowest BCUT2D eigenvalue weighted by Crippen LogP contribution is -2.29. The lowest BCUT2D eigenvalue weighted by Gasteiger charge is -2.11. The molecule has 1 aliphatic rings. The first kappa shape index (κ1) is 14.2. The summed E-state index contributed by atoms with van der Waals surface area (Å²) in [5, 5.41) is 15.6. The lowest BCUT2D eigenvalue weighted by atomic mass is 10.2. The molecule has 3 rings (SSSR count). The van der Waals surface area contributed by atoms with Crippen molar-refractivity contribution >= 4 is 17.6 Å². The van der Waals surface area contributed by atoms with Gasteiger partial charge in [-0.25, -0.2) is 14.5 Å². The van der Waals surface area contributed by atoms with E-state index in [2.05, 4.69) is 15.4 Å². The smallest absolute Gasteiger partial charge is 0.332 e. The maximum absolute atomic E-state index is 12.0. The molecule has 2 aromatic rings. The number of hydrogen-bond acceptors (Lipinski definition) is 5. The van der Waals surface area contributed by atoms with Crippen LogP contribution in [0.15, 0.2) is 36.8 Å². The number of hydrogen-bond donors (Lipinski definition) is 2. The third kappa shape index (κ3) is 2.96. The number of carboxylic acid groups (broad SMARTS) is 1. The molecule has 0 unspecified atom stereocenters. The fourth-order valence-electron chi connectivity index (χ4n) is 2.23. The summed E-state index contributed by atoms with van der Waals surface area (Å²) in [6, 6.07) is 5.21. The Morgan fingerprint density at radius 2 is 2.14 bits per heavy atom. The van der Waals surface area contributed by atoms with Gasteiger partial charge in [0.2, 0.25) is 0 Å². The molecule has 114 valence electrons. The van der Waals surface area contributed by atoms with Gasteiger partial charge in [-0.15, -0.1) is 0 Å². The van der Waals surface area contributed by atoms with Crippen LogP contribution in [0.5, 0.6) is 0 Å². The number of nitrogens with one attached hydrogen (secondary N) is 1. The Labute approximate surface area is 125 Å². The molecule has 0 aliphatic carbocycles. The molecule has 1 fully saturated rings. The standard InChI is InChI=1S/C14H14N4O4/c19-13(10-3-4-11(22-10)14(20)21)17-9-2-5-12(15-8-9)18-7-1-6-16-18/h1-2,5-8,10-11H,3-4H2,(H,17,19)(H,20,21)/t10-,11+/m0/s1. The van der Waals surface area contributed by atoms with E-state index >= 15 is 0 Å². The van der Waals surface area contributed by atoms with Crippen molar-refractivity contribution in [2.75, 3.05) is 5.32 Å². The van der Waals surface area contributed by atoms with Gasteiger partial charge in [-0.1, -0.05) is 0 Å². The number of ether oxygens (including phenoxy) is 1. The van der Waals surface area contributed by atoms with Crippen molar-refractivity contribution in [3.63, 3.8) is 0 Å². The summed E-state index contributed by atoms with van der Waals surface area (Å²) in [5.41, 5.74) is 0.517. The number of pyridine rings is 1. The molecular weight excluding hydrogens is 288 g/mol. The zero-order valence-electron chi connectivity index (χ0n) is 11.5. The second-order valence-electron chi connectivity index (χ2n) is 4.87. The maximum Gasteiger partial charge on any atom is 0.332 e. The highest BCUT2D eigenvalue weighted by Gasteiger charge is 2.34. The molecule has 2 atom stereocenters. The molecule has 1 aliphatic heterocycles. The van der Waals surface area contributed by atoms with E-state index in [0.717, 1.165) is 0 Å². The van der Waals surface area contributed by atoms with E-state index in [1.54, 1.807) is 35.3 Å². The van der Waals surface area contributed by atoms with Gasteiger partial charge in [0.1, 0.15) is 6.10 Å². The van der Waals surface area contributed by atoms with Crippen molar-refractivity contribution in [3.05, 3.63) is 36.8 Å². The van der Waals surface area contributed by atoms with E-state index in [4.69, 9.17) is 9.84 Å². The molecule has 8 heteroatoms. The fraction of sp³-hybridized carbons (Fsp3) is 0.286. The van der Waals surface area contributed by atoms with Gasteiger partial charge in [-0.2, -0.15) is 5.10 Å². The zero-order valence-corrected chi connectivity index (χ0v) is 11.5. The van der Waals surface area contributed by atoms with Crippen LogP contribution in [0.25, 0.3) is 5.82 Å². The highest BCUT2D eigenvalue weighted by molar-refractivity contribution is 5.94. The third-order valence-electron chi connectivity index (χ3n) is 3.34. The monoisotopic (exact) mass is 302 g/mol. The van der Waals surface area contributed by atoms with Crippen LogP contribution in [0.4, 0.5) is 5.69 Å². The summed E-state index contributed by atoms with van der Waals surface area (Å²) in [6.07, 6.45) is 4.00. The minimum absolute atomic E-state index is 0.337. The molecule has 22 heavy (non-hydrogen) atoms. The molecule has 8 nitrogen and oxygen atoms in total. The van der Waals surface area contributed by atoms with Crippen LogP contribution in [-0.2, 0) is 14.3 Å². The average Bonchev–Trinajstić information content (AvgIpc) is 3.20. The molecule has 3 heterocycles. The maximum atomic E-state index is 12.0. The van der Waals surface area contributed by atoms with Crippen LogP contribution in [0.1, 0.15) is 12.8 Å². The van der Waals surface area contributed by atoms with Gasteiger partial charge in [0.15, 0.2) is 11.9 Å². The van der Waals surface area contributed by atoms with Gasteiger partial charge in [-0.05, 0) is 31.0 Å². The molecule has 0 saturated carbocycles. The summed E-state index contributed by atoms with van der Waals surface area (Å²) in [4.78, 5) is 27.0. The number of carboxylic acids is 1. The Morgan fingerprint density at radius 3 is 2.73 bits per heavy atom. The number of aromatic nitrogens is 3. The van der Waals surface area contributed by atoms with E-state index in [1.807, 2.05) is 0 Å². The molecule has 0 spiro atoms. The van der Waals surface area contributed by atoms with E-state index in [9.17, 15) is 9.59 Å². The first-order valence-corrected chi connectivity index (χ1v) is 6.78. The highest BCUT2D eigenvalue weighted by atomic mass is 16.5. The normalized spacial score (nSPS) is 20.7. The summed E-state index contributed by atoms with van der Waals surface area (Å²) in [7, 11) is 0. The average molecular weight is 302 g/mol. The van der Waals surface area contributed by atoms with E-state index in [-0.39, 0.29) is 5.91 Å². The van der Waals surface area contributed by atoms with Crippen molar-refractivity contribution < 1.29 is 19.4 Å². The number of amides is 1. The van der Waals surface area contributed by atoms with E-state index in [1.165, 1.54) is 6.20 Å². The second kappa shape index (κ2) is 5.94. The Kier molecular flexibility index (Phi) is 3.84. The lowest BCUT2D eigenvalue weighted by molar-refractivity contribution is -0.150. The Morgan fingerprint density at radius 1 is 1.32 bits per heavy atom. The van der Waals surface area contributed by atoms with Crippen LogP contribution in [0, 0.1) is 0 Å². The van der Waals surface area contributed by atoms with Gasteiger partial charge >= 0.3 is 5.97 Å². The number of nitrogens with zero attached hydrogens (tertiary/aromatic N) is 3. The van der Waals surface area contributed by atoms with Gasteiger partial charge in [0.25, 0.3) is 5.91 Å². The third-order valence-corrected chi connectivity index (χ3v) is 3.34. The summed E-state index contributed by atoms with van der Waals surface area (Å²) < 4.78 is 6.79. The highest BCUT2D eigenvalue weighted by Crippen LogP contribution is 2.21. The van der Waals surface area contributed by atoms with Gasteiger partial charge in [0, 0.05) is 12.4 Å². The van der Waals surface area contributed by atoms with Crippen LogP contribution in [-0.4, -0.2) is 44.0 Å². The Bertz CT molecular complexity index is 669. The van der Waals surface area contributed by atoms with Crippen molar-refractivity contribution in [1.82, 2.24) is 14.8 Å². The molecule has 0 aromatic carbocycles. The summed E-state index contributed by atoms with van der Waals surface area (Å²) in [5.74, 6) is -0.774. The molecule has 0 radical (unpaired) electrons. The SMILES string of the molecule is O=C(Nc1ccc(-n2cccn2)nc1)[C@@H]1CC[C@H](C(=O)O)O1. The predicted molar refractivity (Wildman–Crippen MR) is 75.5 cm³/mol. The van der Waals surface area contributed by atoms with Crippen LogP contribution in [0.2, 0.25) is 0 Å². The van der Waals surface area contributed by atoms with Crippen LogP contribution >= 0.6 is 0 Å². The Hall–Kier alpha value is -2.74.